The summed E-state index contributed by atoms with van der Waals surface area (Å²) in [6.07, 6.45) is 5.77. The Morgan fingerprint density at radius 1 is 0.978 bits per heavy atom. The van der Waals surface area contributed by atoms with Gasteiger partial charge in [-0.25, -0.2) is 4.79 Å². The maximum Gasteiger partial charge on any atom is 0.410 e. The molecule has 0 unspecified atom stereocenters. The molecule has 3 aliphatic rings. The molecule has 0 heterocycles. The van der Waals surface area contributed by atoms with Crippen LogP contribution in [0.2, 0.25) is 0 Å². The van der Waals surface area contributed by atoms with E-state index in [4.69, 9.17) is 4.74 Å². The molecule has 3 aromatic rings. The third-order valence-electron chi connectivity index (χ3n) is 10.1. The fraction of sp³-hybridized carbons (Fsp3) is 0.436. The van der Waals surface area contributed by atoms with Crippen molar-refractivity contribution in [2.45, 2.75) is 89.9 Å². The SMILES string of the molecule is CCOC(=O)N(Cc1ccccc1)C[C@]1(O)CC[C@H]2c3ccc(cc3C(=O)c3ccccc3)C[C@@H](O)CCC(C)=CCC[C@@]21C. The summed E-state index contributed by atoms with van der Waals surface area (Å²) in [6.45, 7) is 6.74. The molecule has 238 valence electrons. The van der Waals surface area contributed by atoms with Crippen LogP contribution in [0.1, 0.15) is 97.8 Å². The number of nitrogens with zero attached hydrogens (tertiary/aromatic N) is 1. The summed E-state index contributed by atoms with van der Waals surface area (Å²) in [5.41, 5.74) is 3.40. The Labute approximate surface area is 267 Å². The fourth-order valence-corrected chi connectivity index (χ4v) is 7.46. The summed E-state index contributed by atoms with van der Waals surface area (Å²) in [5.74, 6) is -0.179. The van der Waals surface area contributed by atoms with Crippen LogP contribution in [0.15, 0.2) is 90.5 Å². The van der Waals surface area contributed by atoms with Crippen LogP contribution in [-0.4, -0.2) is 51.8 Å². The Morgan fingerprint density at radius 2 is 1.69 bits per heavy atom. The maximum atomic E-state index is 14.1. The number of amides is 1. The van der Waals surface area contributed by atoms with Crippen LogP contribution in [0.25, 0.3) is 0 Å². The van der Waals surface area contributed by atoms with Crippen LogP contribution >= 0.6 is 0 Å². The third-order valence-corrected chi connectivity index (χ3v) is 10.1. The highest BCUT2D eigenvalue weighted by molar-refractivity contribution is 6.10. The molecule has 1 saturated carbocycles. The lowest BCUT2D eigenvalue weighted by Gasteiger charge is -2.46. The highest BCUT2D eigenvalue weighted by Crippen LogP contribution is 2.59. The first-order valence-electron chi connectivity index (χ1n) is 16.4. The summed E-state index contributed by atoms with van der Waals surface area (Å²) >= 11 is 0. The van der Waals surface area contributed by atoms with Crippen LogP contribution in [0, 0.1) is 5.41 Å². The summed E-state index contributed by atoms with van der Waals surface area (Å²) < 4.78 is 5.48. The number of hydrogen-bond donors (Lipinski definition) is 2. The highest BCUT2D eigenvalue weighted by atomic mass is 16.6. The van der Waals surface area contributed by atoms with Crippen LogP contribution < -0.4 is 0 Å². The van der Waals surface area contributed by atoms with Crippen LogP contribution in [-0.2, 0) is 17.7 Å². The Hall–Kier alpha value is -3.74. The Bertz CT molecular complexity index is 1500. The third kappa shape index (κ3) is 7.23. The highest BCUT2D eigenvalue weighted by Gasteiger charge is 2.57. The van der Waals surface area contributed by atoms with Gasteiger partial charge in [-0.15, -0.1) is 0 Å². The monoisotopic (exact) mass is 609 g/mol. The predicted molar refractivity (Wildman–Crippen MR) is 177 cm³/mol. The normalized spacial score (nSPS) is 25.1. The molecule has 3 aromatic carbocycles. The minimum Gasteiger partial charge on any atom is -0.450 e. The molecule has 0 spiro atoms. The average Bonchev–Trinajstić information content (AvgIpc) is 3.29. The van der Waals surface area contributed by atoms with E-state index < -0.39 is 23.2 Å². The molecule has 6 rings (SSSR count). The van der Waals surface area contributed by atoms with Gasteiger partial charge in [0.2, 0.25) is 0 Å². The minimum atomic E-state index is -1.22. The van der Waals surface area contributed by atoms with Gasteiger partial charge in [0.1, 0.15) is 0 Å². The van der Waals surface area contributed by atoms with Gasteiger partial charge in [0.15, 0.2) is 5.78 Å². The minimum absolute atomic E-state index is 0.0557. The average molecular weight is 610 g/mol. The molecule has 0 radical (unpaired) electrons. The van der Waals surface area contributed by atoms with Crippen LogP contribution in [0.5, 0.6) is 0 Å². The number of aliphatic hydroxyl groups is 2. The second-order valence-electron chi connectivity index (χ2n) is 13.2. The number of ether oxygens (including phenoxy) is 1. The summed E-state index contributed by atoms with van der Waals surface area (Å²) in [5, 5.41) is 23.6. The molecule has 45 heavy (non-hydrogen) atoms. The van der Waals surface area contributed by atoms with Crippen molar-refractivity contribution in [2.24, 2.45) is 5.41 Å². The van der Waals surface area contributed by atoms with Crippen molar-refractivity contribution in [1.82, 2.24) is 4.90 Å². The zero-order valence-electron chi connectivity index (χ0n) is 26.9. The van der Waals surface area contributed by atoms with Gasteiger partial charge in [-0.1, -0.05) is 91.4 Å². The molecule has 6 nitrogen and oxygen atoms in total. The van der Waals surface area contributed by atoms with E-state index in [9.17, 15) is 19.8 Å². The first-order chi connectivity index (χ1) is 21.6. The molecular formula is C39H47NO5. The van der Waals surface area contributed by atoms with Gasteiger partial charge in [-0.2, -0.15) is 0 Å². The van der Waals surface area contributed by atoms with Crippen molar-refractivity contribution in [2.75, 3.05) is 13.2 Å². The van der Waals surface area contributed by atoms with Gasteiger partial charge >= 0.3 is 6.09 Å². The summed E-state index contributed by atoms with van der Waals surface area (Å²) in [6, 6.07) is 25.1. The van der Waals surface area contributed by atoms with E-state index in [-0.39, 0.29) is 24.9 Å². The fourth-order valence-electron chi connectivity index (χ4n) is 7.46. The number of fused-ring (bicyclic) bond motifs is 8. The van der Waals surface area contributed by atoms with Gasteiger partial charge < -0.3 is 19.8 Å². The van der Waals surface area contributed by atoms with Gasteiger partial charge in [0.05, 0.1) is 24.9 Å². The van der Waals surface area contributed by atoms with Crippen molar-refractivity contribution in [3.63, 3.8) is 0 Å². The number of allylic oxidation sites excluding steroid dienone is 2. The van der Waals surface area contributed by atoms with E-state index in [1.54, 1.807) is 11.8 Å². The van der Waals surface area contributed by atoms with Crippen molar-refractivity contribution in [3.8, 4) is 0 Å². The molecule has 1 fully saturated rings. The molecule has 6 heteroatoms. The second-order valence-corrected chi connectivity index (χ2v) is 13.2. The van der Waals surface area contributed by atoms with E-state index in [0.717, 1.165) is 29.5 Å². The maximum absolute atomic E-state index is 14.1. The molecule has 3 aliphatic carbocycles. The van der Waals surface area contributed by atoms with Gasteiger partial charge in [-0.05, 0) is 87.5 Å². The molecule has 0 aromatic heterocycles. The number of carbonyl (C=O) groups is 2. The number of carbonyl (C=O) groups excluding carboxylic acids is 2. The lowest BCUT2D eigenvalue weighted by Crippen LogP contribution is -2.53. The standard InChI is InChI=1S/C39H47NO5/c1-4-45-37(43)40(26-29-13-7-5-8-14-29)27-39(44)23-21-35-33-20-18-30(25-34(33)36(42)31-15-9-6-10-16-31)24-32(41)19-17-28(2)12-11-22-38(35,39)3/h5-10,12-16,18,20,25,32,35,41,44H,4,11,17,19,21-24,26-27H2,1-3H3/t32-,35-,38-,39+/m0/s1. The van der Waals surface area contributed by atoms with Crippen LogP contribution in [0.3, 0.4) is 0 Å². The number of aliphatic hydroxyl groups excluding tert-OH is 1. The summed E-state index contributed by atoms with van der Waals surface area (Å²) in [7, 11) is 0. The predicted octanol–water partition coefficient (Wildman–Crippen LogP) is 7.61. The molecule has 0 aliphatic heterocycles. The summed E-state index contributed by atoms with van der Waals surface area (Å²) in [4.78, 5) is 29.1. The molecule has 2 bridgehead atoms. The Balaban J connectivity index is 1.59. The molecule has 1 amide bonds. The number of rotatable bonds is 7. The first kappa shape index (κ1) is 32.6. The molecule has 0 saturated heterocycles. The van der Waals surface area contributed by atoms with E-state index in [1.165, 1.54) is 5.57 Å². The topological polar surface area (TPSA) is 87.1 Å². The molecular weight excluding hydrogens is 562 g/mol. The second kappa shape index (κ2) is 14.1. The first-order valence-corrected chi connectivity index (χ1v) is 16.4. The largest absolute Gasteiger partial charge is 0.450 e. The number of hydrogen-bond acceptors (Lipinski definition) is 5. The quantitative estimate of drug-likeness (QED) is 0.213. The van der Waals surface area contributed by atoms with Crippen LogP contribution in [0.4, 0.5) is 4.79 Å². The lowest BCUT2D eigenvalue weighted by atomic mass is 9.64. The van der Waals surface area contributed by atoms with Crippen molar-refractivity contribution >= 4 is 11.9 Å². The van der Waals surface area contributed by atoms with E-state index in [1.807, 2.05) is 78.9 Å². The van der Waals surface area contributed by atoms with Gasteiger partial charge in [0, 0.05) is 23.1 Å². The molecule has 2 N–H and O–H groups in total. The van der Waals surface area contributed by atoms with Gasteiger partial charge in [0.25, 0.3) is 0 Å². The zero-order valence-corrected chi connectivity index (χ0v) is 26.9. The van der Waals surface area contributed by atoms with Crippen molar-refractivity contribution in [3.05, 3.63) is 118 Å². The van der Waals surface area contributed by atoms with E-state index in [2.05, 4.69) is 19.9 Å². The van der Waals surface area contributed by atoms with E-state index in [0.29, 0.717) is 49.8 Å². The zero-order chi connectivity index (χ0) is 32.0. The Kier molecular flexibility index (Phi) is 10.3. The smallest absolute Gasteiger partial charge is 0.410 e. The van der Waals surface area contributed by atoms with Crippen molar-refractivity contribution < 1.29 is 24.5 Å². The van der Waals surface area contributed by atoms with Crippen molar-refractivity contribution in [1.29, 1.82) is 0 Å². The Morgan fingerprint density at radius 3 is 2.40 bits per heavy atom. The number of benzene rings is 3. The van der Waals surface area contributed by atoms with E-state index >= 15 is 0 Å². The molecule has 4 atom stereocenters. The lowest BCUT2D eigenvalue weighted by molar-refractivity contribution is -0.0821. The van der Waals surface area contributed by atoms with Gasteiger partial charge in [-0.3, -0.25) is 4.79 Å². The number of ketones is 1.